The highest BCUT2D eigenvalue weighted by atomic mass is 32.1. The number of likely N-dealkylation sites (N-methyl/N-ethyl adjacent to an activating group) is 1. The van der Waals surface area contributed by atoms with Crippen LogP contribution in [0.3, 0.4) is 0 Å². The molecule has 1 heterocycles. The third-order valence-electron chi connectivity index (χ3n) is 5.59. The Bertz CT molecular complexity index is 877. The highest BCUT2D eigenvalue weighted by Crippen LogP contribution is 2.15. The Morgan fingerprint density at radius 2 is 1.53 bits per heavy atom. The van der Waals surface area contributed by atoms with Crippen molar-refractivity contribution < 1.29 is 24.0 Å². The van der Waals surface area contributed by atoms with E-state index in [0.717, 1.165) is 10.5 Å². The van der Waals surface area contributed by atoms with Gasteiger partial charge in [-0.1, -0.05) is 44.2 Å². The van der Waals surface area contributed by atoms with E-state index in [9.17, 15) is 24.0 Å². The SMILES string of the molecule is CNC(=O)[C@H](Cc1ccccc1)NC(=O)C(CC(C)C)NC(=O)C(S)CCN1C(=O)CCC1=O. The van der Waals surface area contributed by atoms with Gasteiger partial charge < -0.3 is 16.0 Å². The Hall–Kier alpha value is -2.88. The highest BCUT2D eigenvalue weighted by molar-refractivity contribution is 7.81. The molecule has 0 spiro atoms. The van der Waals surface area contributed by atoms with Gasteiger partial charge in [0, 0.05) is 32.9 Å². The summed E-state index contributed by atoms with van der Waals surface area (Å²) in [6.45, 7) is 3.96. The van der Waals surface area contributed by atoms with Crippen LogP contribution in [0, 0.1) is 5.92 Å². The zero-order chi connectivity index (χ0) is 25.3. The maximum absolute atomic E-state index is 13.1. The molecule has 1 aromatic rings. The molecule has 3 N–H and O–H groups in total. The fourth-order valence-electron chi connectivity index (χ4n) is 3.73. The van der Waals surface area contributed by atoms with Crippen molar-refractivity contribution in [3.8, 4) is 0 Å². The minimum absolute atomic E-state index is 0.0989. The Morgan fingerprint density at radius 3 is 2.09 bits per heavy atom. The van der Waals surface area contributed by atoms with E-state index in [1.807, 2.05) is 44.2 Å². The molecule has 1 saturated heterocycles. The summed E-state index contributed by atoms with van der Waals surface area (Å²) in [7, 11) is 1.50. The number of hydrogen-bond donors (Lipinski definition) is 4. The van der Waals surface area contributed by atoms with Gasteiger partial charge in [-0.05, 0) is 24.3 Å². The van der Waals surface area contributed by atoms with Crippen LogP contribution in [0.15, 0.2) is 30.3 Å². The number of hydrogen-bond acceptors (Lipinski definition) is 6. The summed E-state index contributed by atoms with van der Waals surface area (Å²) in [5.74, 6) is -1.66. The second kappa shape index (κ2) is 13.1. The number of carbonyl (C=O) groups is 5. The van der Waals surface area contributed by atoms with Crippen molar-refractivity contribution in [3.63, 3.8) is 0 Å². The molecule has 10 heteroatoms. The van der Waals surface area contributed by atoms with Crippen LogP contribution in [0.4, 0.5) is 0 Å². The van der Waals surface area contributed by atoms with Crippen molar-refractivity contribution in [2.45, 2.75) is 63.3 Å². The molecule has 9 nitrogen and oxygen atoms in total. The minimum atomic E-state index is -0.861. The van der Waals surface area contributed by atoms with Gasteiger partial charge in [-0.25, -0.2) is 0 Å². The molecule has 2 unspecified atom stereocenters. The van der Waals surface area contributed by atoms with E-state index in [4.69, 9.17) is 0 Å². The van der Waals surface area contributed by atoms with Crippen molar-refractivity contribution in [1.82, 2.24) is 20.9 Å². The first-order chi connectivity index (χ1) is 16.1. The second-order valence-electron chi connectivity index (χ2n) is 8.80. The summed E-state index contributed by atoms with van der Waals surface area (Å²) >= 11 is 4.32. The van der Waals surface area contributed by atoms with Crippen molar-refractivity contribution in [3.05, 3.63) is 35.9 Å². The van der Waals surface area contributed by atoms with Gasteiger partial charge in [-0.3, -0.25) is 28.9 Å². The Morgan fingerprint density at radius 1 is 0.941 bits per heavy atom. The lowest BCUT2D eigenvalue weighted by atomic mass is 10.0. The van der Waals surface area contributed by atoms with E-state index in [1.54, 1.807) is 0 Å². The average Bonchev–Trinajstić information content (AvgIpc) is 3.13. The minimum Gasteiger partial charge on any atom is -0.357 e. The van der Waals surface area contributed by atoms with Gasteiger partial charge in [0.25, 0.3) is 0 Å². The van der Waals surface area contributed by atoms with Crippen LogP contribution < -0.4 is 16.0 Å². The third-order valence-corrected chi connectivity index (χ3v) is 6.08. The molecule has 1 fully saturated rings. The van der Waals surface area contributed by atoms with Gasteiger partial charge in [-0.15, -0.1) is 0 Å². The number of thiol groups is 1. The maximum atomic E-state index is 13.1. The molecule has 5 amide bonds. The van der Waals surface area contributed by atoms with Gasteiger partial charge in [0.1, 0.15) is 12.1 Å². The summed E-state index contributed by atoms with van der Waals surface area (Å²) in [6, 6.07) is 7.67. The number of nitrogens with one attached hydrogen (secondary N) is 3. The summed E-state index contributed by atoms with van der Waals surface area (Å²) < 4.78 is 0. The quantitative estimate of drug-likeness (QED) is 0.255. The van der Waals surface area contributed by atoms with Crippen LogP contribution in [-0.2, 0) is 30.4 Å². The van der Waals surface area contributed by atoms with Crippen LogP contribution in [0.2, 0.25) is 0 Å². The van der Waals surface area contributed by atoms with Gasteiger partial charge in [0.2, 0.25) is 29.5 Å². The molecule has 0 radical (unpaired) electrons. The number of likely N-dealkylation sites (tertiary alicyclic amines) is 1. The van der Waals surface area contributed by atoms with Crippen molar-refractivity contribution in [2.75, 3.05) is 13.6 Å². The predicted octanol–water partition coefficient (Wildman–Crippen LogP) is 0.828. The number of rotatable bonds is 12. The molecule has 34 heavy (non-hydrogen) atoms. The largest absolute Gasteiger partial charge is 0.357 e. The Kier molecular flexibility index (Phi) is 10.6. The summed E-state index contributed by atoms with van der Waals surface area (Å²) in [4.78, 5) is 62.9. The maximum Gasteiger partial charge on any atom is 0.243 e. The van der Waals surface area contributed by atoms with E-state index in [1.165, 1.54) is 7.05 Å². The number of carbonyl (C=O) groups excluding carboxylic acids is 5. The summed E-state index contributed by atoms with van der Waals surface area (Å²) in [5, 5.41) is 7.25. The fourth-order valence-corrected chi connectivity index (χ4v) is 3.92. The van der Waals surface area contributed by atoms with Crippen LogP contribution in [-0.4, -0.2) is 65.4 Å². The first-order valence-corrected chi connectivity index (χ1v) is 12.0. The van der Waals surface area contributed by atoms with Gasteiger partial charge >= 0.3 is 0 Å². The van der Waals surface area contributed by atoms with E-state index in [-0.39, 0.29) is 49.4 Å². The molecule has 0 saturated carbocycles. The molecular formula is C24H34N4O5S. The predicted molar refractivity (Wildman–Crippen MR) is 131 cm³/mol. The molecule has 0 bridgehead atoms. The van der Waals surface area contributed by atoms with Crippen LogP contribution >= 0.6 is 12.6 Å². The molecular weight excluding hydrogens is 456 g/mol. The number of amides is 5. The summed E-state index contributed by atoms with van der Waals surface area (Å²) in [5.41, 5.74) is 0.891. The summed E-state index contributed by atoms with van der Waals surface area (Å²) in [6.07, 6.45) is 1.23. The van der Waals surface area contributed by atoms with E-state index in [2.05, 4.69) is 28.6 Å². The van der Waals surface area contributed by atoms with Gasteiger partial charge in [0.15, 0.2) is 0 Å². The lowest BCUT2D eigenvalue weighted by Gasteiger charge is -2.25. The number of benzene rings is 1. The van der Waals surface area contributed by atoms with Gasteiger partial charge in [-0.2, -0.15) is 12.6 Å². The smallest absolute Gasteiger partial charge is 0.243 e. The first-order valence-electron chi connectivity index (χ1n) is 11.5. The van der Waals surface area contributed by atoms with Crippen molar-refractivity contribution in [1.29, 1.82) is 0 Å². The third kappa shape index (κ3) is 8.16. The Labute approximate surface area is 205 Å². The molecule has 186 valence electrons. The highest BCUT2D eigenvalue weighted by Gasteiger charge is 2.31. The van der Waals surface area contributed by atoms with Crippen LogP contribution in [0.1, 0.15) is 45.1 Å². The topological polar surface area (TPSA) is 125 Å². The van der Waals surface area contributed by atoms with Crippen LogP contribution in [0.25, 0.3) is 0 Å². The van der Waals surface area contributed by atoms with E-state index in [0.29, 0.717) is 12.8 Å². The second-order valence-corrected chi connectivity index (χ2v) is 9.42. The van der Waals surface area contributed by atoms with Crippen LogP contribution in [0.5, 0.6) is 0 Å². The lowest BCUT2D eigenvalue weighted by molar-refractivity contribution is -0.138. The van der Waals surface area contributed by atoms with E-state index < -0.39 is 29.1 Å². The van der Waals surface area contributed by atoms with Crippen molar-refractivity contribution >= 4 is 42.2 Å². The van der Waals surface area contributed by atoms with Crippen molar-refractivity contribution in [2.24, 2.45) is 5.92 Å². The molecule has 2 rings (SSSR count). The lowest BCUT2D eigenvalue weighted by Crippen LogP contribution is -2.55. The fraction of sp³-hybridized carbons (Fsp3) is 0.542. The first kappa shape index (κ1) is 27.4. The molecule has 3 atom stereocenters. The average molecular weight is 491 g/mol. The zero-order valence-corrected chi connectivity index (χ0v) is 20.8. The molecule has 1 aliphatic rings. The number of nitrogens with zero attached hydrogens (tertiary/aromatic N) is 1. The zero-order valence-electron chi connectivity index (χ0n) is 19.9. The molecule has 1 aromatic carbocycles. The van der Waals surface area contributed by atoms with E-state index >= 15 is 0 Å². The van der Waals surface area contributed by atoms with Gasteiger partial charge in [0.05, 0.1) is 5.25 Å². The number of imide groups is 1. The monoisotopic (exact) mass is 490 g/mol. The normalized spacial score (nSPS) is 16.2. The molecule has 1 aliphatic heterocycles. The standard InChI is InChI=1S/C24H34N4O5S/c1-15(2)13-17(27-24(33)19(34)11-12-28-20(29)9-10-21(28)30)23(32)26-18(22(31)25-3)14-16-7-5-4-6-8-16/h4-8,15,17-19,34H,9-14H2,1-3H3,(H,25,31)(H,26,32)(H,27,33)/t17?,18-,19?/m0/s1. The molecule has 0 aromatic heterocycles. The Balaban J connectivity index is 2.02. The molecule has 0 aliphatic carbocycles.